The molecule has 25 heavy (non-hydrogen) atoms. The number of anilines is 1. The summed E-state index contributed by atoms with van der Waals surface area (Å²) in [5.74, 6) is 0.565. The van der Waals surface area contributed by atoms with Crippen LogP contribution >= 0.6 is 12.4 Å². The number of para-hydroxylation sites is 1. The highest BCUT2D eigenvalue weighted by atomic mass is 35.5. The van der Waals surface area contributed by atoms with E-state index in [0.29, 0.717) is 28.6 Å². The van der Waals surface area contributed by atoms with E-state index in [1.807, 2.05) is 37.1 Å². The second kappa shape index (κ2) is 7.22. The molecule has 7 heteroatoms. The average molecular weight is 365 g/mol. The van der Waals surface area contributed by atoms with Crippen LogP contribution in [0, 0.1) is 5.92 Å². The van der Waals surface area contributed by atoms with Crippen molar-refractivity contribution in [3.8, 4) is 0 Å². The van der Waals surface area contributed by atoms with Crippen LogP contribution in [-0.2, 0) is 0 Å². The topological polar surface area (TPSA) is 61.6 Å². The summed E-state index contributed by atoms with van der Waals surface area (Å²) in [5, 5.41) is 3.24. The van der Waals surface area contributed by atoms with Crippen LogP contribution in [0.4, 0.5) is 6.01 Å². The molecule has 4 heterocycles. The predicted octanol–water partition coefficient (Wildman–Crippen LogP) is 2.53. The van der Waals surface area contributed by atoms with Crippen LogP contribution in [0.25, 0.3) is 11.1 Å². The van der Waals surface area contributed by atoms with Crippen molar-refractivity contribution >= 4 is 35.4 Å². The van der Waals surface area contributed by atoms with Gasteiger partial charge in [0.1, 0.15) is 5.52 Å². The number of benzene rings is 1. The molecule has 0 saturated carbocycles. The fourth-order valence-electron chi connectivity index (χ4n) is 3.79. The second-order valence-electron chi connectivity index (χ2n) is 6.88. The monoisotopic (exact) mass is 364 g/mol. The summed E-state index contributed by atoms with van der Waals surface area (Å²) < 4.78 is 5.78. The Hall–Kier alpha value is -1.79. The lowest BCUT2D eigenvalue weighted by atomic mass is 9.84. The molecule has 0 radical (unpaired) electrons. The van der Waals surface area contributed by atoms with Gasteiger partial charge in [-0.25, -0.2) is 0 Å². The number of carbonyl (C=O) groups is 1. The molecule has 0 unspecified atom stereocenters. The molecular weight excluding hydrogens is 340 g/mol. The van der Waals surface area contributed by atoms with E-state index in [9.17, 15) is 4.79 Å². The molecule has 2 bridgehead atoms. The summed E-state index contributed by atoms with van der Waals surface area (Å²) >= 11 is 0. The highest BCUT2D eigenvalue weighted by molar-refractivity contribution is 6.04. The Labute approximate surface area is 154 Å². The van der Waals surface area contributed by atoms with Crippen LogP contribution in [0.5, 0.6) is 0 Å². The molecule has 1 aromatic carbocycles. The number of piperidine rings is 3. The molecular formula is C18H25ClN4O2. The molecule has 5 rings (SSSR count). The lowest BCUT2D eigenvalue weighted by Gasteiger charge is -2.44. The molecule has 3 fully saturated rings. The van der Waals surface area contributed by atoms with E-state index in [1.54, 1.807) is 0 Å². The third kappa shape index (κ3) is 3.33. The summed E-state index contributed by atoms with van der Waals surface area (Å²) in [7, 11) is 1.93. The zero-order valence-corrected chi connectivity index (χ0v) is 15.5. The van der Waals surface area contributed by atoms with E-state index in [0.717, 1.165) is 13.1 Å². The molecule has 3 saturated heterocycles. The van der Waals surface area contributed by atoms with E-state index < -0.39 is 0 Å². The SMILES string of the molecule is CCN(C)c1nc2c(C(=O)N[C@@H]3CN4CCC3CC4)cccc2o1.Cl. The molecule has 3 aliphatic rings. The van der Waals surface area contributed by atoms with Crippen molar-refractivity contribution in [1.29, 1.82) is 0 Å². The number of nitrogens with zero attached hydrogens (tertiary/aromatic N) is 3. The molecule has 1 N–H and O–H groups in total. The Bertz CT molecular complexity index is 755. The number of amides is 1. The lowest BCUT2D eigenvalue weighted by molar-refractivity contribution is 0.0621. The molecule has 0 spiro atoms. The van der Waals surface area contributed by atoms with Gasteiger partial charge in [-0.1, -0.05) is 6.07 Å². The largest absolute Gasteiger partial charge is 0.423 e. The van der Waals surface area contributed by atoms with Gasteiger partial charge in [0.15, 0.2) is 5.58 Å². The number of oxazole rings is 1. The first kappa shape index (κ1) is 18.0. The fourth-order valence-corrected chi connectivity index (χ4v) is 3.79. The van der Waals surface area contributed by atoms with E-state index in [2.05, 4.69) is 15.2 Å². The first-order valence-corrected chi connectivity index (χ1v) is 8.79. The standard InChI is InChI=1S/C18H24N4O2.ClH/c1-3-21(2)18-20-16-13(5-4-6-15(16)24-18)17(23)19-14-11-22-9-7-12(14)8-10-22;/h4-6,12,14H,3,7-11H2,1-2H3,(H,19,23);1H/t14-;/m1./s1. The zero-order valence-electron chi connectivity index (χ0n) is 14.7. The quantitative estimate of drug-likeness (QED) is 0.903. The zero-order chi connectivity index (χ0) is 16.7. The van der Waals surface area contributed by atoms with Crippen molar-refractivity contribution in [2.45, 2.75) is 25.8 Å². The minimum absolute atomic E-state index is 0. The van der Waals surface area contributed by atoms with Crippen molar-refractivity contribution < 1.29 is 9.21 Å². The number of hydrogen-bond acceptors (Lipinski definition) is 5. The predicted molar refractivity (Wildman–Crippen MR) is 101 cm³/mol. The minimum Gasteiger partial charge on any atom is -0.423 e. The maximum Gasteiger partial charge on any atom is 0.298 e. The van der Waals surface area contributed by atoms with E-state index in [4.69, 9.17) is 4.42 Å². The molecule has 1 aromatic heterocycles. The molecule has 1 atom stereocenters. The number of fused-ring (bicyclic) bond motifs is 4. The lowest BCUT2D eigenvalue weighted by Crippen LogP contribution is -2.57. The summed E-state index contributed by atoms with van der Waals surface area (Å²) in [4.78, 5) is 21.7. The third-order valence-electron chi connectivity index (χ3n) is 5.43. The molecule has 3 aliphatic heterocycles. The maximum absolute atomic E-state index is 12.8. The number of hydrogen-bond donors (Lipinski definition) is 1. The summed E-state index contributed by atoms with van der Waals surface area (Å²) in [6.07, 6.45) is 2.37. The van der Waals surface area contributed by atoms with Crippen LogP contribution in [0.1, 0.15) is 30.1 Å². The fraction of sp³-hybridized carbons (Fsp3) is 0.556. The molecule has 136 valence electrons. The Morgan fingerprint density at radius 3 is 2.80 bits per heavy atom. The Kier molecular flexibility index (Phi) is 5.20. The van der Waals surface area contributed by atoms with Gasteiger partial charge in [-0.05, 0) is 50.9 Å². The van der Waals surface area contributed by atoms with Gasteiger partial charge in [0.2, 0.25) is 0 Å². The number of nitrogens with one attached hydrogen (secondary N) is 1. The Morgan fingerprint density at radius 2 is 2.16 bits per heavy atom. The van der Waals surface area contributed by atoms with Gasteiger partial charge in [0.25, 0.3) is 11.9 Å². The van der Waals surface area contributed by atoms with Crippen LogP contribution in [0.15, 0.2) is 22.6 Å². The number of carbonyl (C=O) groups excluding carboxylic acids is 1. The van der Waals surface area contributed by atoms with Crippen LogP contribution in [0.2, 0.25) is 0 Å². The third-order valence-corrected chi connectivity index (χ3v) is 5.43. The van der Waals surface area contributed by atoms with Crippen molar-refractivity contribution in [2.75, 3.05) is 38.1 Å². The normalized spacial score (nSPS) is 24.8. The van der Waals surface area contributed by atoms with Gasteiger partial charge >= 0.3 is 0 Å². The Morgan fingerprint density at radius 1 is 1.40 bits per heavy atom. The average Bonchev–Trinajstić information content (AvgIpc) is 3.06. The number of halogens is 1. The van der Waals surface area contributed by atoms with Crippen molar-refractivity contribution in [3.05, 3.63) is 23.8 Å². The maximum atomic E-state index is 12.8. The van der Waals surface area contributed by atoms with Gasteiger partial charge in [0.05, 0.1) is 5.56 Å². The van der Waals surface area contributed by atoms with Gasteiger partial charge < -0.3 is 19.5 Å². The summed E-state index contributed by atoms with van der Waals surface area (Å²) in [6, 6.07) is 6.35. The van der Waals surface area contributed by atoms with E-state index >= 15 is 0 Å². The van der Waals surface area contributed by atoms with E-state index in [1.165, 1.54) is 25.9 Å². The van der Waals surface area contributed by atoms with Gasteiger partial charge in [-0.3, -0.25) is 4.79 Å². The summed E-state index contributed by atoms with van der Waals surface area (Å²) in [6.45, 7) is 6.14. The summed E-state index contributed by atoms with van der Waals surface area (Å²) in [5.41, 5.74) is 1.90. The Balaban J connectivity index is 0.00000182. The number of aromatic nitrogens is 1. The van der Waals surface area contributed by atoms with Crippen molar-refractivity contribution in [2.24, 2.45) is 5.92 Å². The first-order chi connectivity index (χ1) is 11.7. The van der Waals surface area contributed by atoms with Crippen LogP contribution in [0.3, 0.4) is 0 Å². The second-order valence-corrected chi connectivity index (χ2v) is 6.88. The van der Waals surface area contributed by atoms with Gasteiger partial charge in [-0.2, -0.15) is 4.98 Å². The van der Waals surface area contributed by atoms with Gasteiger partial charge in [0, 0.05) is 26.2 Å². The van der Waals surface area contributed by atoms with E-state index in [-0.39, 0.29) is 24.4 Å². The first-order valence-electron chi connectivity index (χ1n) is 8.79. The number of rotatable bonds is 4. The molecule has 1 amide bonds. The minimum atomic E-state index is -0.0432. The smallest absolute Gasteiger partial charge is 0.298 e. The molecule has 2 aromatic rings. The highest BCUT2D eigenvalue weighted by Crippen LogP contribution is 2.28. The van der Waals surface area contributed by atoms with Crippen LogP contribution < -0.4 is 10.2 Å². The van der Waals surface area contributed by atoms with Crippen LogP contribution in [-0.4, -0.2) is 55.1 Å². The van der Waals surface area contributed by atoms with Crippen molar-refractivity contribution in [3.63, 3.8) is 0 Å². The molecule has 0 aliphatic carbocycles. The van der Waals surface area contributed by atoms with Gasteiger partial charge in [-0.15, -0.1) is 12.4 Å². The molecule has 6 nitrogen and oxygen atoms in total. The van der Waals surface area contributed by atoms with Crippen molar-refractivity contribution in [1.82, 2.24) is 15.2 Å². The highest BCUT2D eigenvalue weighted by Gasteiger charge is 2.35.